The molecule has 144 valence electrons. The molecule has 0 bridgehead atoms. The minimum absolute atomic E-state index is 0.350. The van der Waals surface area contributed by atoms with E-state index in [4.69, 9.17) is 4.74 Å². The standard InChI is InChI=1S/C23H30N2O2/c26-20(17-27-21-9-5-2-6-10-21)16-25-13-11-19(12-14-25)24-23-15-22(23)18-7-3-1-4-8-18/h1-10,19-20,22-24,26H,11-17H2/t20-,22+,23-/m1/s1. The smallest absolute Gasteiger partial charge is 0.119 e. The SMILES string of the molecule is O[C@@H](COc1ccccc1)CN1CCC(N[C@@H]2C[C@H]2c2ccccc2)CC1. The van der Waals surface area contributed by atoms with E-state index in [1.807, 2.05) is 30.3 Å². The molecule has 1 saturated heterocycles. The maximum atomic E-state index is 10.3. The van der Waals surface area contributed by atoms with Crippen molar-refractivity contribution in [3.8, 4) is 5.75 Å². The Morgan fingerprint density at radius 1 is 1.00 bits per heavy atom. The first-order chi connectivity index (χ1) is 13.3. The number of aliphatic hydroxyl groups is 1. The Bertz CT molecular complexity index is 686. The predicted molar refractivity (Wildman–Crippen MR) is 108 cm³/mol. The van der Waals surface area contributed by atoms with Gasteiger partial charge in [-0.15, -0.1) is 0 Å². The fourth-order valence-corrected chi connectivity index (χ4v) is 4.09. The van der Waals surface area contributed by atoms with Gasteiger partial charge in [0, 0.05) is 24.5 Å². The van der Waals surface area contributed by atoms with Crippen molar-refractivity contribution in [2.45, 2.75) is 43.4 Å². The van der Waals surface area contributed by atoms with Crippen LogP contribution in [-0.2, 0) is 0 Å². The molecular formula is C23H30N2O2. The van der Waals surface area contributed by atoms with Crippen molar-refractivity contribution in [1.82, 2.24) is 10.2 Å². The Morgan fingerprint density at radius 3 is 2.37 bits per heavy atom. The highest BCUT2D eigenvalue weighted by molar-refractivity contribution is 5.27. The lowest BCUT2D eigenvalue weighted by molar-refractivity contribution is 0.0578. The summed E-state index contributed by atoms with van der Waals surface area (Å²) in [4.78, 5) is 2.36. The first-order valence-corrected chi connectivity index (χ1v) is 10.2. The largest absolute Gasteiger partial charge is 0.491 e. The number of benzene rings is 2. The molecule has 1 aliphatic carbocycles. The van der Waals surface area contributed by atoms with E-state index in [0.29, 0.717) is 31.2 Å². The summed E-state index contributed by atoms with van der Waals surface area (Å²) in [5, 5.41) is 14.1. The highest BCUT2D eigenvalue weighted by Gasteiger charge is 2.39. The molecule has 27 heavy (non-hydrogen) atoms. The van der Waals surface area contributed by atoms with Crippen molar-refractivity contribution < 1.29 is 9.84 Å². The zero-order chi connectivity index (χ0) is 18.5. The molecular weight excluding hydrogens is 336 g/mol. The maximum absolute atomic E-state index is 10.3. The predicted octanol–water partition coefficient (Wildman–Crippen LogP) is 3.04. The Morgan fingerprint density at radius 2 is 1.67 bits per heavy atom. The molecule has 0 radical (unpaired) electrons. The van der Waals surface area contributed by atoms with Gasteiger partial charge in [-0.25, -0.2) is 0 Å². The summed E-state index contributed by atoms with van der Waals surface area (Å²) >= 11 is 0. The number of rotatable bonds is 8. The maximum Gasteiger partial charge on any atom is 0.119 e. The number of nitrogens with one attached hydrogen (secondary N) is 1. The summed E-state index contributed by atoms with van der Waals surface area (Å²) in [5.74, 6) is 1.51. The summed E-state index contributed by atoms with van der Waals surface area (Å²) in [6.45, 7) is 3.13. The second-order valence-electron chi connectivity index (χ2n) is 7.88. The normalized spacial score (nSPS) is 24.5. The lowest BCUT2D eigenvalue weighted by Gasteiger charge is -2.33. The van der Waals surface area contributed by atoms with Crippen LogP contribution in [0.4, 0.5) is 0 Å². The van der Waals surface area contributed by atoms with Crippen LogP contribution in [-0.4, -0.2) is 54.4 Å². The van der Waals surface area contributed by atoms with Gasteiger partial charge in [-0.1, -0.05) is 48.5 Å². The van der Waals surface area contributed by atoms with Gasteiger partial charge >= 0.3 is 0 Å². The van der Waals surface area contributed by atoms with Gasteiger partial charge in [-0.05, 0) is 50.0 Å². The highest BCUT2D eigenvalue weighted by Crippen LogP contribution is 2.41. The Kier molecular flexibility index (Phi) is 6.07. The quantitative estimate of drug-likeness (QED) is 0.754. The number of ether oxygens (including phenoxy) is 1. The number of hydrogen-bond donors (Lipinski definition) is 2. The average molecular weight is 367 g/mol. The van der Waals surface area contributed by atoms with Gasteiger partial charge in [-0.2, -0.15) is 0 Å². The number of nitrogens with zero attached hydrogens (tertiary/aromatic N) is 1. The minimum atomic E-state index is -0.444. The molecule has 0 spiro atoms. The summed E-state index contributed by atoms with van der Waals surface area (Å²) in [7, 11) is 0. The molecule has 4 rings (SSSR count). The third kappa shape index (κ3) is 5.32. The van der Waals surface area contributed by atoms with Gasteiger partial charge in [0.25, 0.3) is 0 Å². The van der Waals surface area contributed by atoms with Crippen molar-refractivity contribution >= 4 is 0 Å². The Balaban J connectivity index is 1.13. The molecule has 2 N–H and O–H groups in total. The molecule has 2 fully saturated rings. The summed E-state index contributed by atoms with van der Waals surface area (Å²) in [6.07, 6.45) is 3.13. The van der Waals surface area contributed by atoms with Gasteiger partial charge in [0.2, 0.25) is 0 Å². The van der Waals surface area contributed by atoms with Crippen molar-refractivity contribution in [3.05, 3.63) is 66.2 Å². The second kappa shape index (κ2) is 8.87. The molecule has 4 nitrogen and oxygen atoms in total. The monoisotopic (exact) mass is 366 g/mol. The van der Waals surface area contributed by atoms with Crippen LogP contribution >= 0.6 is 0 Å². The topological polar surface area (TPSA) is 44.7 Å². The van der Waals surface area contributed by atoms with Gasteiger partial charge in [0.05, 0.1) is 0 Å². The molecule has 2 aliphatic rings. The lowest BCUT2D eigenvalue weighted by Crippen LogP contribution is -2.46. The van der Waals surface area contributed by atoms with Gasteiger partial charge in [0.15, 0.2) is 0 Å². The molecule has 0 unspecified atom stereocenters. The Labute approximate surface area is 162 Å². The number of hydrogen-bond acceptors (Lipinski definition) is 4. The summed E-state index contributed by atoms with van der Waals surface area (Å²) < 4.78 is 5.66. The van der Waals surface area contributed by atoms with Crippen LogP contribution in [0, 0.1) is 0 Å². The molecule has 1 heterocycles. The minimum Gasteiger partial charge on any atom is -0.491 e. The van der Waals surface area contributed by atoms with Crippen LogP contribution in [0.2, 0.25) is 0 Å². The summed E-state index contributed by atoms with van der Waals surface area (Å²) in [5.41, 5.74) is 1.47. The third-order valence-electron chi connectivity index (χ3n) is 5.71. The second-order valence-corrected chi connectivity index (χ2v) is 7.88. The van der Waals surface area contributed by atoms with Gasteiger partial charge < -0.3 is 20.1 Å². The van der Waals surface area contributed by atoms with E-state index in [1.165, 1.54) is 12.0 Å². The van der Waals surface area contributed by atoms with E-state index in [9.17, 15) is 5.11 Å². The van der Waals surface area contributed by atoms with Gasteiger partial charge in [0.1, 0.15) is 18.5 Å². The molecule has 1 aliphatic heterocycles. The molecule has 3 atom stereocenters. The number of likely N-dealkylation sites (tertiary alicyclic amines) is 1. The highest BCUT2D eigenvalue weighted by atomic mass is 16.5. The molecule has 0 amide bonds. The van der Waals surface area contributed by atoms with E-state index in [2.05, 4.69) is 40.5 Å². The zero-order valence-corrected chi connectivity index (χ0v) is 15.8. The first kappa shape index (κ1) is 18.5. The molecule has 1 saturated carbocycles. The van der Waals surface area contributed by atoms with Crippen molar-refractivity contribution in [2.24, 2.45) is 0 Å². The van der Waals surface area contributed by atoms with Crippen LogP contribution in [0.1, 0.15) is 30.7 Å². The van der Waals surface area contributed by atoms with Crippen LogP contribution in [0.5, 0.6) is 5.75 Å². The van der Waals surface area contributed by atoms with E-state index in [0.717, 1.165) is 31.7 Å². The molecule has 0 aromatic heterocycles. The van der Waals surface area contributed by atoms with Crippen LogP contribution in [0.25, 0.3) is 0 Å². The fourth-order valence-electron chi connectivity index (χ4n) is 4.09. The molecule has 2 aromatic rings. The summed E-state index contributed by atoms with van der Waals surface area (Å²) in [6, 6.07) is 21.8. The Hall–Kier alpha value is -1.88. The van der Waals surface area contributed by atoms with E-state index in [-0.39, 0.29) is 0 Å². The van der Waals surface area contributed by atoms with Crippen LogP contribution in [0.3, 0.4) is 0 Å². The lowest BCUT2D eigenvalue weighted by atomic mass is 10.0. The average Bonchev–Trinajstić information content (AvgIpc) is 3.49. The number of piperidine rings is 1. The van der Waals surface area contributed by atoms with Crippen molar-refractivity contribution in [1.29, 1.82) is 0 Å². The van der Waals surface area contributed by atoms with E-state index < -0.39 is 6.10 Å². The first-order valence-electron chi connectivity index (χ1n) is 10.2. The van der Waals surface area contributed by atoms with E-state index in [1.54, 1.807) is 0 Å². The number of aliphatic hydroxyl groups excluding tert-OH is 1. The third-order valence-corrected chi connectivity index (χ3v) is 5.71. The van der Waals surface area contributed by atoms with Crippen molar-refractivity contribution in [3.63, 3.8) is 0 Å². The zero-order valence-electron chi connectivity index (χ0n) is 15.8. The van der Waals surface area contributed by atoms with Gasteiger partial charge in [-0.3, -0.25) is 0 Å². The van der Waals surface area contributed by atoms with Crippen LogP contribution < -0.4 is 10.1 Å². The van der Waals surface area contributed by atoms with Crippen LogP contribution in [0.15, 0.2) is 60.7 Å². The number of β-amino-alcohol motifs (C(OH)–C–C–N with tert-alkyl or cyclic N) is 1. The van der Waals surface area contributed by atoms with Crippen molar-refractivity contribution in [2.75, 3.05) is 26.2 Å². The van der Waals surface area contributed by atoms with E-state index >= 15 is 0 Å². The molecule has 4 heteroatoms. The number of para-hydroxylation sites is 1. The molecule has 2 aromatic carbocycles. The fraction of sp³-hybridized carbons (Fsp3) is 0.478.